The Labute approximate surface area is 156 Å². The Balaban J connectivity index is 1.56. The van der Waals surface area contributed by atoms with Gasteiger partial charge in [0.05, 0.1) is 11.4 Å². The molecule has 0 spiro atoms. The van der Waals surface area contributed by atoms with Crippen molar-refractivity contribution in [2.45, 2.75) is 52.9 Å². The Morgan fingerprint density at radius 3 is 2.08 bits per heavy atom. The van der Waals surface area contributed by atoms with Gasteiger partial charge in [-0.25, -0.2) is 0 Å². The van der Waals surface area contributed by atoms with Crippen LogP contribution in [0.3, 0.4) is 0 Å². The number of nitrogens with zero attached hydrogens (tertiary/aromatic N) is 4. The van der Waals surface area contributed by atoms with Crippen LogP contribution in [0, 0.1) is 11.3 Å². The van der Waals surface area contributed by atoms with Crippen LogP contribution in [0.15, 0.2) is 12.4 Å². The van der Waals surface area contributed by atoms with E-state index in [2.05, 4.69) is 30.7 Å². The molecular weight excluding hydrogens is 328 g/mol. The van der Waals surface area contributed by atoms with Crippen molar-refractivity contribution in [1.29, 1.82) is 0 Å². The molecule has 2 heterocycles. The maximum atomic E-state index is 12.9. The standard InChI is InChI=1S/C20H30N4O2/c1-4-6-20(3,5-2)19(26)24-11-9-23(10-12-24)18(25)15-13-16-17(14-15)22-8-7-21-16/h7-8,15H,4-6,9-14H2,1-3H3. The third-order valence-corrected chi connectivity index (χ3v) is 6.07. The summed E-state index contributed by atoms with van der Waals surface area (Å²) in [5, 5.41) is 0. The van der Waals surface area contributed by atoms with E-state index in [1.54, 1.807) is 12.4 Å². The highest BCUT2D eigenvalue weighted by atomic mass is 16.2. The molecule has 6 nitrogen and oxygen atoms in total. The molecule has 1 aromatic rings. The SMILES string of the molecule is CCCC(C)(CC)C(=O)N1CCN(C(=O)C2Cc3nccnc3C2)CC1. The zero-order valence-electron chi connectivity index (χ0n) is 16.2. The first-order chi connectivity index (χ1) is 12.5. The first-order valence-corrected chi connectivity index (χ1v) is 9.85. The van der Waals surface area contributed by atoms with Crippen LogP contribution < -0.4 is 0 Å². The second kappa shape index (κ2) is 7.72. The smallest absolute Gasteiger partial charge is 0.228 e. The Kier molecular flexibility index (Phi) is 5.58. The van der Waals surface area contributed by atoms with Gasteiger partial charge >= 0.3 is 0 Å². The molecular formula is C20H30N4O2. The predicted octanol–water partition coefficient (Wildman–Crippen LogP) is 2.08. The quantitative estimate of drug-likeness (QED) is 0.808. The van der Waals surface area contributed by atoms with E-state index in [9.17, 15) is 9.59 Å². The van der Waals surface area contributed by atoms with Crippen molar-refractivity contribution < 1.29 is 9.59 Å². The van der Waals surface area contributed by atoms with Crippen molar-refractivity contribution in [3.05, 3.63) is 23.8 Å². The molecule has 0 N–H and O–H groups in total. The van der Waals surface area contributed by atoms with Crippen molar-refractivity contribution in [1.82, 2.24) is 19.8 Å². The van der Waals surface area contributed by atoms with E-state index in [0.717, 1.165) is 30.7 Å². The fourth-order valence-corrected chi connectivity index (χ4v) is 4.21. The van der Waals surface area contributed by atoms with E-state index in [-0.39, 0.29) is 23.1 Å². The number of amides is 2. The lowest BCUT2D eigenvalue weighted by Crippen LogP contribution is -2.54. The zero-order chi connectivity index (χ0) is 18.7. The van der Waals surface area contributed by atoms with Crippen molar-refractivity contribution >= 4 is 11.8 Å². The van der Waals surface area contributed by atoms with Gasteiger partial charge in [-0.3, -0.25) is 19.6 Å². The highest BCUT2D eigenvalue weighted by molar-refractivity contribution is 5.83. The minimum absolute atomic E-state index is 0.0457. The van der Waals surface area contributed by atoms with E-state index in [4.69, 9.17) is 0 Å². The topological polar surface area (TPSA) is 66.4 Å². The molecule has 0 saturated carbocycles. The average molecular weight is 358 g/mol. The molecule has 6 heteroatoms. The van der Waals surface area contributed by atoms with Gasteiger partial charge in [-0.2, -0.15) is 0 Å². The Morgan fingerprint density at radius 1 is 1.04 bits per heavy atom. The van der Waals surface area contributed by atoms with Gasteiger partial charge in [0.15, 0.2) is 0 Å². The summed E-state index contributed by atoms with van der Waals surface area (Å²) in [4.78, 5) is 38.4. The fraction of sp³-hybridized carbons (Fsp3) is 0.700. The molecule has 1 fully saturated rings. The number of carbonyl (C=O) groups is 2. The molecule has 142 valence electrons. The maximum Gasteiger partial charge on any atom is 0.228 e. The molecule has 3 rings (SSSR count). The van der Waals surface area contributed by atoms with Crippen molar-refractivity contribution in [3.8, 4) is 0 Å². The summed E-state index contributed by atoms with van der Waals surface area (Å²) in [5.74, 6) is 0.384. The summed E-state index contributed by atoms with van der Waals surface area (Å²) in [6.07, 6.45) is 7.55. The molecule has 0 bridgehead atoms. The van der Waals surface area contributed by atoms with Crippen LogP contribution in [-0.2, 0) is 22.4 Å². The number of carbonyl (C=O) groups excluding carboxylic acids is 2. The van der Waals surface area contributed by atoms with Crippen LogP contribution in [0.1, 0.15) is 51.4 Å². The third kappa shape index (κ3) is 3.60. The van der Waals surface area contributed by atoms with E-state index in [1.807, 2.05) is 9.80 Å². The summed E-state index contributed by atoms with van der Waals surface area (Å²) in [6, 6.07) is 0. The van der Waals surface area contributed by atoms with Crippen LogP contribution in [0.2, 0.25) is 0 Å². The van der Waals surface area contributed by atoms with Gasteiger partial charge < -0.3 is 9.80 Å². The third-order valence-electron chi connectivity index (χ3n) is 6.07. The van der Waals surface area contributed by atoms with Crippen LogP contribution in [0.5, 0.6) is 0 Å². The Morgan fingerprint density at radius 2 is 1.58 bits per heavy atom. The van der Waals surface area contributed by atoms with E-state index >= 15 is 0 Å². The number of hydrogen-bond donors (Lipinski definition) is 0. The van der Waals surface area contributed by atoms with Crippen molar-refractivity contribution in [3.63, 3.8) is 0 Å². The van der Waals surface area contributed by atoms with Gasteiger partial charge in [-0.15, -0.1) is 0 Å². The normalized spacial score (nSPS) is 20.0. The summed E-state index contributed by atoms with van der Waals surface area (Å²) in [6.45, 7) is 8.83. The molecule has 1 unspecified atom stereocenters. The molecule has 26 heavy (non-hydrogen) atoms. The molecule has 2 amide bonds. The molecule has 1 aliphatic carbocycles. The molecule has 1 aromatic heterocycles. The summed E-state index contributed by atoms with van der Waals surface area (Å²) >= 11 is 0. The van der Waals surface area contributed by atoms with Gasteiger partial charge in [0, 0.05) is 62.7 Å². The van der Waals surface area contributed by atoms with E-state index in [0.29, 0.717) is 39.0 Å². The van der Waals surface area contributed by atoms with Gasteiger partial charge in [0.1, 0.15) is 0 Å². The van der Waals surface area contributed by atoms with Crippen LogP contribution in [0.25, 0.3) is 0 Å². The largest absolute Gasteiger partial charge is 0.339 e. The Bertz CT molecular complexity index is 645. The lowest BCUT2D eigenvalue weighted by Gasteiger charge is -2.40. The van der Waals surface area contributed by atoms with Crippen molar-refractivity contribution in [2.24, 2.45) is 11.3 Å². The van der Waals surface area contributed by atoms with E-state index in [1.165, 1.54) is 0 Å². The number of hydrogen-bond acceptors (Lipinski definition) is 4. The van der Waals surface area contributed by atoms with Gasteiger partial charge in [0.25, 0.3) is 0 Å². The number of fused-ring (bicyclic) bond motifs is 1. The average Bonchev–Trinajstić information content (AvgIpc) is 3.11. The molecule has 1 saturated heterocycles. The van der Waals surface area contributed by atoms with Gasteiger partial charge in [-0.1, -0.05) is 27.2 Å². The molecule has 2 aliphatic rings. The van der Waals surface area contributed by atoms with Crippen molar-refractivity contribution in [2.75, 3.05) is 26.2 Å². The minimum atomic E-state index is -0.272. The minimum Gasteiger partial charge on any atom is -0.339 e. The second-order valence-corrected chi connectivity index (χ2v) is 7.84. The molecule has 1 atom stereocenters. The summed E-state index contributed by atoms with van der Waals surface area (Å²) in [7, 11) is 0. The lowest BCUT2D eigenvalue weighted by atomic mass is 9.81. The monoisotopic (exact) mass is 358 g/mol. The molecule has 0 radical (unpaired) electrons. The first-order valence-electron chi connectivity index (χ1n) is 9.85. The highest BCUT2D eigenvalue weighted by Crippen LogP contribution is 2.31. The van der Waals surface area contributed by atoms with Crippen LogP contribution >= 0.6 is 0 Å². The molecule has 0 aromatic carbocycles. The number of aromatic nitrogens is 2. The fourth-order valence-electron chi connectivity index (χ4n) is 4.21. The molecule has 1 aliphatic heterocycles. The number of piperazine rings is 1. The predicted molar refractivity (Wildman–Crippen MR) is 99.4 cm³/mol. The van der Waals surface area contributed by atoms with Crippen LogP contribution in [-0.4, -0.2) is 57.8 Å². The van der Waals surface area contributed by atoms with Gasteiger partial charge in [-0.05, 0) is 12.8 Å². The van der Waals surface area contributed by atoms with E-state index < -0.39 is 0 Å². The number of rotatable bonds is 5. The summed E-state index contributed by atoms with van der Waals surface area (Å²) < 4.78 is 0. The summed E-state index contributed by atoms with van der Waals surface area (Å²) in [5.41, 5.74) is 1.64. The lowest BCUT2D eigenvalue weighted by molar-refractivity contribution is -0.148. The Hall–Kier alpha value is -1.98. The first kappa shape index (κ1) is 18.8. The second-order valence-electron chi connectivity index (χ2n) is 7.84. The van der Waals surface area contributed by atoms with Crippen LogP contribution in [0.4, 0.5) is 0 Å². The maximum absolute atomic E-state index is 12.9. The zero-order valence-corrected chi connectivity index (χ0v) is 16.2. The highest BCUT2D eigenvalue weighted by Gasteiger charge is 2.38. The van der Waals surface area contributed by atoms with Gasteiger partial charge in [0.2, 0.25) is 11.8 Å².